The van der Waals surface area contributed by atoms with Gasteiger partial charge in [-0.15, -0.1) is 0 Å². The molecule has 1 heterocycles. The lowest BCUT2D eigenvalue weighted by atomic mass is 10.0. The topological polar surface area (TPSA) is 80.8 Å². The average molecular weight is 374 g/mol. The number of nitrogens with zero attached hydrogens (tertiary/aromatic N) is 1. The molecule has 0 saturated carbocycles. The van der Waals surface area contributed by atoms with Crippen LogP contribution in [0.4, 0.5) is 0 Å². The number of amides is 1. The first-order valence-electron chi connectivity index (χ1n) is 7.73. The zero-order valence-corrected chi connectivity index (χ0v) is 15.2. The third kappa shape index (κ3) is 4.08. The van der Waals surface area contributed by atoms with E-state index in [-0.39, 0.29) is 22.1 Å². The van der Waals surface area contributed by atoms with E-state index in [1.165, 1.54) is 23.1 Å². The van der Waals surface area contributed by atoms with E-state index in [0.29, 0.717) is 13.0 Å². The van der Waals surface area contributed by atoms with Crippen LogP contribution in [0.1, 0.15) is 36.5 Å². The largest absolute Gasteiger partial charge is 0.464 e. The molecule has 8 heteroatoms. The summed E-state index contributed by atoms with van der Waals surface area (Å²) in [4.78, 5) is 26.2. The molecular formula is C16H20ClNO5S. The smallest absolute Gasteiger partial charge is 0.328 e. The van der Waals surface area contributed by atoms with Crippen molar-refractivity contribution in [1.29, 1.82) is 0 Å². The quantitative estimate of drug-likeness (QED) is 0.756. The van der Waals surface area contributed by atoms with Crippen molar-refractivity contribution in [1.82, 2.24) is 4.90 Å². The van der Waals surface area contributed by atoms with Crippen molar-refractivity contribution in [3.63, 3.8) is 0 Å². The SMILES string of the molecule is CCOC(=O)C1CCCCN1C(=O)c1ccc(Cl)c(S(C)(=O)=O)c1. The first-order valence-corrected chi connectivity index (χ1v) is 10.00. The third-order valence-electron chi connectivity index (χ3n) is 3.90. The van der Waals surface area contributed by atoms with E-state index >= 15 is 0 Å². The maximum atomic E-state index is 12.8. The first-order chi connectivity index (χ1) is 11.3. The Balaban J connectivity index is 2.34. The van der Waals surface area contributed by atoms with Crippen LogP contribution in [0, 0.1) is 0 Å². The predicted molar refractivity (Wildman–Crippen MR) is 89.9 cm³/mol. The van der Waals surface area contributed by atoms with Gasteiger partial charge in [0.25, 0.3) is 5.91 Å². The number of halogens is 1. The Bertz CT molecular complexity index is 747. The number of carbonyl (C=O) groups is 2. The third-order valence-corrected chi connectivity index (χ3v) is 5.48. The summed E-state index contributed by atoms with van der Waals surface area (Å²) in [6.07, 6.45) is 3.19. The average Bonchev–Trinajstić information content (AvgIpc) is 2.54. The summed E-state index contributed by atoms with van der Waals surface area (Å²) in [5.74, 6) is -0.822. The van der Waals surface area contributed by atoms with Gasteiger partial charge in [-0.05, 0) is 44.4 Å². The van der Waals surface area contributed by atoms with Gasteiger partial charge in [0.05, 0.1) is 16.5 Å². The highest BCUT2D eigenvalue weighted by atomic mass is 35.5. The second-order valence-corrected chi connectivity index (χ2v) is 8.07. The molecular weight excluding hydrogens is 354 g/mol. The molecule has 0 aromatic heterocycles. The number of hydrogen-bond donors (Lipinski definition) is 0. The Morgan fingerprint density at radius 3 is 2.67 bits per heavy atom. The monoisotopic (exact) mass is 373 g/mol. The Kier molecular flexibility index (Phi) is 5.87. The Morgan fingerprint density at radius 2 is 2.04 bits per heavy atom. The molecule has 132 valence electrons. The summed E-state index contributed by atoms with van der Waals surface area (Å²) in [5.41, 5.74) is 0.191. The zero-order chi connectivity index (χ0) is 17.9. The Hall–Kier alpha value is -1.60. The minimum atomic E-state index is -3.55. The van der Waals surface area contributed by atoms with Crippen LogP contribution in [0.2, 0.25) is 5.02 Å². The van der Waals surface area contributed by atoms with Crippen LogP contribution in [0.15, 0.2) is 23.1 Å². The fraction of sp³-hybridized carbons (Fsp3) is 0.500. The number of carbonyl (C=O) groups excluding carboxylic acids is 2. The molecule has 1 fully saturated rings. The maximum absolute atomic E-state index is 12.8. The minimum Gasteiger partial charge on any atom is -0.464 e. The zero-order valence-electron chi connectivity index (χ0n) is 13.6. The van der Waals surface area contributed by atoms with Crippen LogP contribution in [-0.4, -0.2) is 50.6 Å². The van der Waals surface area contributed by atoms with E-state index in [2.05, 4.69) is 0 Å². The van der Waals surface area contributed by atoms with Gasteiger partial charge in [0.2, 0.25) is 0 Å². The summed E-state index contributed by atoms with van der Waals surface area (Å²) in [6.45, 7) is 2.39. The lowest BCUT2D eigenvalue weighted by Gasteiger charge is -2.34. The number of sulfone groups is 1. The number of ether oxygens (including phenoxy) is 1. The van der Waals surface area contributed by atoms with Gasteiger partial charge in [0.15, 0.2) is 9.84 Å². The Morgan fingerprint density at radius 1 is 1.33 bits per heavy atom. The van der Waals surface area contributed by atoms with E-state index in [4.69, 9.17) is 16.3 Å². The summed E-state index contributed by atoms with van der Waals surface area (Å²) in [7, 11) is -3.55. The van der Waals surface area contributed by atoms with Gasteiger partial charge in [-0.3, -0.25) is 4.79 Å². The highest BCUT2D eigenvalue weighted by Gasteiger charge is 2.34. The van der Waals surface area contributed by atoms with Crippen molar-refractivity contribution in [3.8, 4) is 0 Å². The second-order valence-electron chi connectivity index (χ2n) is 5.68. The fourth-order valence-corrected chi connectivity index (χ4v) is 4.05. The molecule has 1 unspecified atom stereocenters. The first kappa shape index (κ1) is 18.7. The molecule has 6 nitrogen and oxygen atoms in total. The lowest BCUT2D eigenvalue weighted by molar-refractivity contribution is -0.149. The number of rotatable bonds is 4. The molecule has 0 N–H and O–H groups in total. The van der Waals surface area contributed by atoms with Crippen molar-refractivity contribution >= 4 is 33.3 Å². The van der Waals surface area contributed by atoms with Gasteiger partial charge in [-0.1, -0.05) is 11.6 Å². The van der Waals surface area contributed by atoms with Crippen LogP contribution in [0.5, 0.6) is 0 Å². The van der Waals surface area contributed by atoms with E-state index in [1.807, 2.05) is 0 Å². The molecule has 1 atom stereocenters. The van der Waals surface area contributed by atoms with Crippen molar-refractivity contribution in [3.05, 3.63) is 28.8 Å². The number of benzene rings is 1. The van der Waals surface area contributed by atoms with E-state index in [9.17, 15) is 18.0 Å². The number of hydrogen-bond acceptors (Lipinski definition) is 5. The maximum Gasteiger partial charge on any atom is 0.328 e. The molecule has 1 aliphatic heterocycles. The summed E-state index contributed by atoms with van der Waals surface area (Å²) < 4.78 is 28.6. The summed E-state index contributed by atoms with van der Waals surface area (Å²) in [5, 5.41) is 0.0645. The molecule has 0 aliphatic carbocycles. The highest BCUT2D eigenvalue weighted by molar-refractivity contribution is 7.90. The molecule has 1 aliphatic rings. The van der Waals surface area contributed by atoms with Gasteiger partial charge < -0.3 is 9.64 Å². The van der Waals surface area contributed by atoms with E-state index in [1.54, 1.807) is 6.92 Å². The standard InChI is InChI=1S/C16H20ClNO5S/c1-3-23-16(20)13-6-4-5-9-18(13)15(19)11-7-8-12(17)14(10-11)24(2,21)22/h7-8,10,13H,3-6,9H2,1-2H3. The molecule has 0 spiro atoms. The molecule has 1 saturated heterocycles. The van der Waals surface area contributed by atoms with Gasteiger partial charge in [-0.25, -0.2) is 13.2 Å². The lowest BCUT2D eigenvalue weighted by Crippen LogP contribution is -2.48. The molecule has 24 heavy (non-hydrogen) atoms. The van der Waals surface area contributed by atoms with E-state index < -0.39 is 27.8 Å². The Labute approximate surface area is 146 Å². The van der Waals surface area contributed by atoms with Crippen molar-refractivity contribution in [2.45, 2.75) is 37.1 Å². The van der Waals surface area contributed by atoms with Crippen LogP contribution in [0.25, 0.3) is 0 Å². The van der Waals surface area contributed by atoms with Crippen molar-refractivity contribution in [2.75, 3.05) is 19.4 Å². The molecule has 0 radical (unpaired) electrons. The van der Waals surface area contributed by atoms with Crippen LogP contribution in [0.3, 0.4) is 0 Å². The van der Waals surface area contributed by atoms with Crippen LogP contribution >= 0.6 is 11.6 Å². The fourth-order valence-electron chi connectivity index (χ4n) is 2.74. The highest BCUT2D eigenvalue weighted by Crippen LogP contribution is 2.26. The minimum absolute atomic E-state index is 0.0645. The summed E-state index contributed by atoms with van der Waals surface area (Å²) in [6, 6.07) is 3.48. The molecule has 2 rings (SSSR count). The van der Waals surface area contributed by atoms with E-state index in [0.717, 1.165) is 19.1 Å². The van der Waals surface area contributed by atoms with Crippen LogP contribution < -0.4 is 0 Å². The summed E-state index contributed by atoms with van der Waals surface area (Å²) >= 11 is 5.91. The molecule has 1 aromatic carbocycles. The molecule has 1 aromatic rings. The van der Waals surface area contributed by atoms with Crippen molar-refractivity contribution in [2.24, 2.45) is 0 Å². The van der Waals surface area contributed by atoms with Gasteiger partial charge in [0, 0.05) is 18.4 Å². The number of piperidine rings is 1. The van der Waals surface area contributed by atoms with Gasteiger partial charge >= 0.3 is 5.97 Å². The molecule has 1 amide bonds. The normalized spacial score (nSPS) is 18.3. The number of esters is 1. The van der Waals surface area contributed by atoms with Gasteiger partial charge in [-0.2, -0.15) is 0 Å². The predicted octanol–water partition coefficient (Wildman–Crippen LogP) is 2.30. The van der Waals surface area contributed by atoms with Crippen LogP contribution in [-0.2, 0) is 19.4 Å². The second kappa shape index (κ2) is 7.53. The van der Waals surface area contributed by atoms with Crippen molar-refractivity contribution < 1.29 is 22.7 Å². The molecule has 0 bridgehead atoms. The number of likely N-dealkylation sites (tertiary alicyclic amines) is 1. The van der Waals surface area contributed by atoms with Gasteiger partial charge in [0.1, 0.15) is 6.04 Å².